The summed E-state index contributed by atoms with van der Waals surface area (Å²) in [5.41, 5.74) is 2.03. The molecule has 158 valence electrons. The molecule has 1 aromatic rings. The molecule has 3 aliphatic heterocycles. The lowest BCUT2D eigenvalue weighted by molar-refractivity contribution is -0.130. The molecular formula is C24H35N3O2. The Morgan fingerprint density at radius 2 is 1.45 bits per heavy atom. The van der Waals surface area contributed by atoms with E-state index in [0.717, 1.165) is 76.9 Å². The number of piperidine rings is 2. The quantitative estimate of drug-likeness (QED) is 0.756. The minimum absolute atomic E-state index is 0.144. The van der Waals surface area contributed by atoms with Gasteiger partial charge < -0.3 is 14.7 Å². The molecule has 5 nitrogen and oxygen atoms in total. The van der Waals surface area contributed by atoms with Crippen molar-refractivity contribution in [2.45, 2.75) is 57.8 Å². The highest BCUT2D eigenvalue weighted by Gasteiger charge is 2.26. The molecule has 1 unspecified atom stereocenters. The second kappa shape index (κ2) is 9.64. The van der Waals surface area contributed by atoms with Crippen molar-refractivity contribution >= 4 is 17.5 Å². The maximum atomic E-state index is 13.0. The summed E-state index contributed by atoms with van der Waals surface area (Å²) in [4.78, 5) is 31.8. The number of carbonyl (C=O) groups excluding carboxylic acids is 2. The van der Waals surface area contributed by atoms with E-state index in [1.54, 1.807) is 0 Å². The zero-order valence-electron chi connectivity index (χ0n) is 17.7. The van der Waals surface area contributed by atoms with Gasteiger partial charge in [-0.05, 0) is 81.5 Å². The van der Waals surface area contributed by atoms with Crippen LogP contribution in [-0.2, 0) is 4.79 Å². The van der Waals surface area contributed by atoms with Crippen LogP contribution in [0.25, 0.3) is 0 Å². The Bertz CT molecular complexity index is 691. The van der Waals surface area contributed by atoms with Crippen LogP contribution in [-0.4, -0.2) is 60.9 Å². The SMILES string of the molecule is O=C(CCC1CCCN(C(=O)c2ccc(N3CCCCC3)cc2)C1)N1CCCC1. The zero-order valence-corrected chi connectivity index (χ0v) is 17.7. The Kier molecular flexibility index (Phi) is 6.73. The first-order chi connectivity index (χ1) is 14.2. The Morgan fingerprint density at radius 1 is 0.793 bits per heavy atom. The zero-order chi connectivity index (χ0) is 20.1. The van der Waals surface area contributed by atoms with Gasteiger partial charge in [0.05, 0.1) is 0 Å². The molecule has 0 saturated carbocycles. The maximum Gasteiger partial charge on any atom is 0.253 e. The maximum absolute atomic E-state index is 13.0. The number of nitrogens with zero attached hydrogens (tertiary/aromatic N) is 3. The fourth-order valence-corrected chi connectivity index (χ4v) is 5.09. The molecule has 3 aliphatic rings. The van der Waals surface area contributed by atoms with E-state index in [-0.39, 0.29) is 5.91 Å². The Hall–Kier alpha value is -2.04. The lowest BCUT2D eigenvalue weighted by Crippen LogP contribution is -2.40. The van der Waals surface area contributed by atoms with Gasteiger partial charge in [-0.25, -0.2) is 0 Å². The molecule has 4 rings (SSSR count). The topological polar surface area (TPSA) is 43.9 Å². The monoisotopic (exact) mass is 397 g/mol. The first kappa shape index (κ1) is 20.2. The van der Waals surface area contributed by atoms with Crippen molar-refractivity contribution in [2.75, 3.05) is 44.2 Å². The molecule has 3 saturated heterocycles. The second-order valence-electron chi connectivity index (χ2n) is 8.98. The number of likely N-dealkylation sites (tertiary alicyclic amines) is 2. The van der Waals surface area contributed by atoms with Crippen molar-refractivity contribution in [3.63, 3.8) is 0 Å². The van der Waals surface area contributed by atoms with Crippen LogP contribution >= 0.6 is 0 Å². The van der Waals surface area contributed by atoms with Gasteiger partial charge in [0, 0.05) is 56.9 Å². The highest BCUT2D eigenvalue weighted by atomic mass is 16.2. The second-order valence-corrected chi connectivity index (χ2v) is 8.98. The normalized spacial score (nSPS) is 22.8. The Morgan fingerprint density at radius 3 is 2.17 bits per heavy atom. The van der Waals surface area contributed by atoms with Gasteiger partial charge in [-0.3, -0.25) is 9.59 Å². The predicted octanol–water partition coefficient (Wildman–Crippen LogP) is 3.93. The number of benzene rings is 1. The van der Waals surface area contributed by atoms with Crippen molar-refractivity contribution in [1.82, 2.24) is 9.80 Å². The molecule has 5 heteroatoms. The van der Waals surface area contributed by atoms with Gasteiger partial charge in [-0.1, -0.05) is 0 Å². The summed E-state index contributed by atoms with van der Waals surface area (Å²) in [6, 6.07) is 8.20. The average molecular weight is 398 g/mol. The number of rotatable bonds is 5. The van der Waals surface area contributed by atoms with E-state index in [9.17, 15) is 9.59 Å². The minimum atomic E-state index is 0.144. The molecule has 0 spiro atoms. The number of carbonyl (C=O) groups is 2. The highest BCUT2D eigenvalue weighted by molar-refractivity contribution is 5.94. The Balaban J connectivity index is 1.29. The Labute approximate surface area is 175 Å². The molecule has 0 radical (unpaired) electrons. The summed E-state index contributed by atoms with van der Waals surface area (Å²) in [5, 5.41) is 0. The van der Waals surface area contributed by atoms with E-state index in [0.29, 0.717) is 18.2 Å². The molecule has 2 amide bonds. The molecule has 0 N–H and O–H groups in total. The summed E-state index contributed by atoms with van der Waals surface area (Å²) in [7, 11) is 0. The highest BCUT2D eigenvalue weighted by Crippen LogP contribution is 2.25. The van der Waals surface area contributed by atoms with Crippen LogP contribution in [0.4, 0.5) is 5.69 Å². The molecule has 0 bridgehead atoms. The van der Waals surface area contributed by atoms with Crippen molar-refractivity contribution in [3.05, 3.63) is 29.8 Å². The first-order valence-electron chi connectivity index (χ1n) is 11.6. The number of anilines is 1. The van der Waals surface area contributed by atoms with Gasteiger partial charge in [0.1, 0.15) is 0 Å². The summed E-state index contributed by atoms with van der Waals surface area (Å²) in [6.45, 7) is 5.74. The molecule has 29 heavy (non-hydrogen) atoms. The van der Waals surface area contributed by atoms with Crippen molar-refractivity contribution in [1.29, 1.82) is 0 Å². The van der Waals surface area contributed by atoms with Crippen molar-refractivity contribution in [2.24, 2.45) is 5.92 Å². The van der Waals surface area contributed by atoms with Crippen molar-refractivity contribution < 1.29 is 9.59 Å². The average Bonchev–Trinajstić information content (AvgIpc) is 3.33. The number of hydrogen-bond donors (Lipinski definition) is 0. The molecule has 1 atom stereocenters. The molecule has 1 aromatic carbocycles. The molecule has 0 aromatic heterocycles. The third-order valence-electron chi connectivity index (χ3n) is 6.87. The van der Waals surface area contributed by atoms with E-state index >= 15 is 0 Å². The molecule has 3 fully saturated rings. The number of amides is 2. The van der Waals surface area contributed by atoms with Gasteiger partial charge in [-0.15, -0.1) is 0 Å². The van der Waals surface area contributed by atoms with Crippen LogP contribution in [0.5, 0.6) is 0 Å². The smallest absolute Gasteiger partial charge is 0.253 e. The summed E-state index contributed by atoms with van der Waals surface area (Å²) in [5.74, 6) is 0.900. The summed E-state index contributed by atoms with van der Waals surface area (Å²) < 4.78 is 0. The summed E-state index contributed by atoms with van der Waals surface area (Å²) >= 11 is 0. The van der Waals surface area contributed by atoms with Crippen LogP contribution < -0.4 is 4.90 Å². The van der Waals surface area contributed by atoms with Crippen LogP contribution in [0.1, 0.15) is 68.1 Å². The fraction of sp³-hybridized carbons (Fsp3) is 0.667. The third kappa shape index (κ3) is 5.12. The summed E-state index contributed by atoms with van der Waals surface area (Å²) in [6.07, 6.45) is 9.86. The number of hydrogen-bond acceptors (Lipinski definition) is 3. The van der Waals surface area contributed by atoms with E-state index in [2.05, 4.69) is 17.0 Å². The third-order valence-corrected chi connectivity index (χ3v) is 6.87. The lowest BCUT2D eigenvalue weighted by Gasteiger charge is -2.33. The minimum Gasteiger partial charge on any atom is -0.372 e. The van der Waals surface area contributed by atoms with E-state index in [1.165, 1.54) is 24.9 Å². The first-order valence-corrected chi connectivity index (χ1v) is 11.6. The van der Waals surface area contributed by atoms with Crippen LogP contribution in [0.3, 0.4) is 0 Å². The van der Waals surface area contributed by atoms with E-state index in [1.807, 2.05) is 21.9 Å². The van der Waals surface area contributed by atoms with Gasteiger partial charge >= 0.3 is 0 Å². The fourth-order valence-electron chi connectivity index (χ4n) is 5.09. The molecular weight excluding hydrogens is 362 g/mol. The largest absolute Gasteiger partial charge is 0.372 e. The lowest BCUT2D eigenvalue weighted by atomic mass is 9.92. The predicted molar refractivity (Wildman–Crippen MR) is 116 cm³/mol. The molecule has 0 aliphatic carbocycles. The molecule has 3 heterocycles. The van der Waals surface area contributed by atoms with Crippen LogP contribution in [0, 0.1) is 5.92 Å². The van der Waals surface area contributed by atoms with Gasteiger partial charge in [0.15, 0.2) is 0 Å². The van der Waals surface area contributed by atoms with E-state index in [4.69, 9.17) is 0 Å². The van der Waals surface area contributed by atoms with Crippen LogP contribution in [0.2, 0.25) is 0 Å². The standard InChI is InChI=1S/C24H35N3O2/c28-23(26-16-4-5-17-26)13-8-20-7-6-18-27(19-20)24(29)21-9-11-22(12-10-21)25-14-2-1-3-15-25/h9-12,20H,1-8,13-19H2. The van der Waals surface area contributed by atoms with Gasteiger partial charge in [0.2, 0.25) is 5.91 Å². The van der Waals surface area contributed by atoms with Crippen molar-refractivity contribution in [3.8, 4) is 0 Å². The van der Waals surface area contributed by atoms with Gasteiger partial charge in [0.25, 0.3) is 5.91 Å². The van der Waals surface area contributed by atoms with Gasteiger partial charge in [-0.2, -0.15) is 0 Å². The van der Waals surface area contributed by atoms with E-state index < -0.39 is 0 Å². The van der Waals surface area contributed by atoms with Crippen LogP contribution in [0.15, 0.2) is 24.3 Å².